The molecule has 0 aliphatic heterocycles. The standard InChI is InChI=1S/C12H8FN3OS/c13-8-3-1-2-7(4-8)10-11(17-16-12(10)14)9-5-15-6-18-9/h1-6H,(H2,14,16). The van der Waals surface area contributed by atoms with Gasteiger partial charge in [0, 0.05) is 6.20 Å². The van der Waals surface area contributed by atoms with E-state index < -0.39 is 0 Å². The Kier molecular flexibility index (Phi) is 2.56. The number of halogens is 1. The van der Waals surface area contributed by atoms with E-state index in [1.807, 2.05) is 0 Å². The summed E-state index contributed by atoms with van der Waals surface area (Å²) >= 11 is 1.41. The van der Waals surface area contributed by atoms with E-state index in [0.29, 0.717) is 16.9 Å². The molecule has 2 aromatic heterocycles. The van der Waals surface area contributed by atoms with Crippen molar-refractivity contribution in [2.75, 3.05) is 5.73 Å². The lowest BCUT2D eigenvalue weighted by atomic mass is 10.1. The molecule has 0 unspecified atom stereocenters. The van der Waals surface area contributed by atoms with E-state index >= 15 is 0 Å². The fraction of sp³-hybridized carbons (Fsp3) is 0. The number of thiazole rings is 1. The van der Waals surface area contributed by atoms with Gasteiger partial charge in [0.05, 0.1) is 16.0 Å². The Bertz CT molecular complexity index is 678. The molecule has 0 radical (unpaired) electrons. The highest BCUT2D eigenvalue weighted by Crippen LogP contribution is 2.37. The van der Waals surface area contributed by atoms with Crippen molar-refractivity contribution in [1.82, 2.24) is 10.1 Å². The molecule has 0 atom stereocenters. The number of aromatic nitrogens is 2. The third-order valence-corrected chi connectivity index (χ3v) is 3.26. The van der Waals surface area contributed by atoms with Gasteiger partial charge in [-0.1, -0.05) is 17.3 Å². The molecular weight excluding hydrogens is 253 g/mol. The summed E-state index contributed by atoms with van der Waals surface area (Å²) in [7, 11) is 0. The van der Waals surface area contributed by atoms with Gasteiger partial charge in [-0.25, -0.2) is 4.39 Å². The average molecular weight is 261 g/mol. The van der Waals surface area contributed by atoms with Crippen LogP contribution in [0.1, 0.15) is 0 Å². The van der Waals surface area contributed by atoms with Gasteiger partial charge in [-0.15, -0.1) is 11.3 Å². The summed E-state index contributed by atoms with van der Waals surface area (Å²) in [5.41, 5.74) is 8.70. The number of nitrogens with two attached hydrogens (primary N) is 1. The zero-order chi connectivity index (χ0) is 12.5. The molecule has 0 spiro atoms. The zero-order valence-electron chi connectivity index (χ0n) is 9.13. The first-order valence-corrected chi connectivity index (χ1v) is 6.03. The molecule has 0 amide bonds. The van der Waals surface area contributed by atoms with Crippen molar-refractivity contribution in [1.29, 1.82) is 0 Å². The third kappa shape index (κ3) is 1.76. The van der Waals surface area contributed by atoms with Crippen LogP contribution in [-0.2, 0) is 0 Å². The van der Waals surface area contributed by atoms with Crippen molar-refractivity contribution in [3.8, 4) is 21.8 Å². The number of hydrogen-bond acceptors (Lipinski definition) is 5. The van der Waals surface area contributed by atoms with Gasteiger partial charge in [0.25, 0.3) is 0 Å². The number of hydrogen-bond donors (Lipinski definition) is 1. The van der Waals surface area contributed by atoms with Crippen molar-refractivity contribution in [2.45, 2.75) is 0 Å². The molecule has 0 saturated heterocycles. The molecule has 0 bridgehead atoms. The first-order valence-electron chi connectivity index (χ1n) is 5.15. The Hall–Kier alpha value is -2.21. The second-order valence-electron chi connectivity index (χ2n) is 3.65. The molecule has 1 aromatic carbocycles. The maximum absolute atomic E-state index is 13.3. The zero-order valence-corrected chi connectivity index (χ0v) is 9.95. The lowest BCUT2D eigenvalue weighted by Gasteiger charge is -2.00. The normalized spacial score (nSPS) is 10.7. The predicted molar refractivity (Wildman–Crippen MR) is 67.4 cm³/mol. The Labute approximate surface area is 106 Å². The van der Waals surface area contributed by atoms with E-state index in [9.17, 15) is 4.39 Å². The smallest absolute Gasteiger partial charge is 0.188 e. The molecule has 6 heteroatoms. The minimum atomic E-state index is -0.330. The van der Waals surface area contributed by atoms with Gasteiger partial charge in [0.15, 0.2) is 11.6 Å². The molecule has 0 aliphatic carbocycles. The van der Waals surface area contributed by atoms with E-state index in [2.05, 4.69) is 10.1 Å². The molecule has 2 N–H and O–H groups in total. The highest BCUT2D eigenvalue weighted by atomic mass is 32.1. The quantitative estimate of drug-likeness (QED) is 0.769. The fourth-order valence-corrected chi connectivity index (χ4v) is 2.32. The second-order valence-corrected chi connectivity index (χ2v) is 4.53. The van der Waals surface area contributed by atoms with Crippen LogP contribution in [0.3, 0.4) is 0 Å². The van der Waals surface area contributed by atoms with Gasteiger partial charge in [-0.3, -0.25) is 4.98 Å². The third-order valence-electron chi connectivity index (χ3n) is 2.49. The summed E-state index contributed by atoms with van der Waals surface area (Å²) in [6.07, 6.45) is 1.66. The topological polar surface area (TPSA) is 64.9 Å². The number of benzene rings is 1. The summed E-state index contributed by atoms with van der Waals surface area (Å²) in [5, 5.41) is 3.74. The molecule has 0 saturated carbocycles. The van der Waals surface area contributed by atoms with Crippen molar-refractivity contribution >= 4 is 17.2 Å². The minimum Gasteiger partial charge on any atom is -0.380 e. The molecule has 0 fully saturated rings. The molecule has 90 valence electrons. The van der Waals surface area contributed by atoms with Crippen LogP contribution in [0.4, 0.5) is 10.2 Å². The van der Waals surface area contributed by atoms with Crippen molar-refractivity contribution in [3.05, 3.63) is 41.8 Å². The van der Waals surface area contributed by atoms with Crippen LogP contribution in [0.2, 0.25) is 0 Å². The van der Waals surface area contributed by atoms with Crippen LogP contribution < -0.4 is 5.73 Å². The van der Waals surface area contributed by atoms with E-state index in [4.69, 9.17) is 10.3 Å². The van der Waals surface area contributed by atoms with Crippen LogP contribution in [0.15, 0.2) is 40.5 Å². The summed E-state index contributed by atoms with van der Waals surface area (Å²) in [6, 6.07) is 6.15. The van der Waals surface area contributed by atoms with Crippen LogP contribution in [-0.4, -0.2) is 10.1 Å². The number of nitrogen functional groups attached to an aromatic ring is 1. The van der Waals surface area contributed by atoms with Crippen LogP contribution in [0.5, 0.6) is 0 Å². The predicted octanol–water partition coefficient (Wildman–Crippen LogP) is 3.19. The minimum absolute atomic E-state index is 0.240. The molecule has 2 heterocycles. The summed E-state index contributed by atoms with van der Waals surface area (Å²) in [4.78, 5) is 4.78. The SMILES string of the molecule is Nc1noc(-c2cncs2)c1-c1cccc(F)c1. The van der Waals surface area contributed by atoms with Gasteiger partial charge < -0.3 is 10.3 Å². The van der Waals surface area contributed by atoms with E-state index in [0.717, 1.165) is 4.88 Å². The Balaban J connectivity index is 2.20. The highest BCUT2D eigenvalue weighted by molar-refractivity contribution is 7.13. The molecular formula is C12H8FN3OS. The molecule has 3 aromatic rings. The average Bonchev–Trinajstić information content (AvgIpc) is 2.97. The largest absolute Gasteiger partial charge is 0.380 e. The summed E-state index contributed by atoms with van der Waals surface area (Å²) < 4.78 is 18.5. The highest BCUT2D eigenvalue weighted by Gasteiger charge is 2.18. The Morgan fingerprint density at radius 1 is 1.33 bits per heavy atom. The monoisotopic (exact) mass is 261 g/mol. The van der Waals surface area contributed by atoms with Crippen LogP contribution in [0.25, 0.3) is 21.8 Å². The molecule has 0 aliphatic rings. The van der Waals surface area contributed by atoms with E-state index in [1.54, 1.807) is 23.8 Å². The fourth-order valence-electron chi connectivity index (χ4n) is 1.72. The van der Waals surface area contributed by atoms with E-state index in [-0.39, 0.29) is 11.6 Å². The van der Waals surface area contributed by atoms with Gasteiger partial charge in [-0.2, -0.15) is 0 Å². The maximum atomic E-state index is 13.3. The number of nitrogens with zero attached hydrogens (tertiary/aromatic N) is 2. The lowest BCUT2D eigenvalue weighted by Crippen LogP contribution is -1.89. The second kappa shape index (κ2) is 4.23. The Morgan fingerprint density at radius 3 is 2.94 bits per heavy atom. The number of anilines is 1. The Morgan fingerprint density at radius 2 is 2.22 bits per heavy atom. The lowest BCUT2D eigenvalue weighted by molar-refractivity contribution is 0.437. The van der Waals surface area contributed by atoms with E-state index in [1.165, 1.54) is 23.5 Å². The van der Waals surface area contributed by atoms with Gasteiger partial charge >= 0.3 is 0 Å². The number of rotatable bonds is 2. The molecule has 18 heavy (non-hydrogen) atoms. The van der Waals surface area contributed by atoms with Gasteiger partial charge in [0.1, 0.15) is 5.82 Å². The maximum Gasteiger partial charge on any atom is 0.188 e. The molecule has 3 rings (SSSR count). The van der Waals surface area contributed by atoms with Crippen LogP contribution >= 0.6 is 11.3 Å². The summed E-state index contributed by atoms with van der Waals surface area (Å²) in [6.45, 7) is 0. The summed E-state index contributed by atoms with van der Waals surface area (Å²) in [5.74, 6) is 0.424. The van der Waals surface area contributed by atoms with Gasteiger partial charge in [0.2, 0.25) is 0 Å². The molecule has 4 nitrogen and oxygen atoms in total. The first kappa shape index (κ1) is 10.9. The van der Waals surface area contributed by atoms with Gasteiger partial charge in [-0.05, 0) is 17.7 Å². The van der Waals surface area contributed by atoms with Crippen molar-refractivity contribution < 1.29 is 8.91 Å². The first-order chi connectivity index (χ1) is 8.75. The van der Waals surface area contributed by atoms with Crippen molar-refractivity contribution in [2.24, 2.45) is 0 Å². The van der Waals surface area contributed by atoms with Crippen molar-refractivity contribution in [3.63, 3.8) is 0 Å². The van der Waals surface area contributed by atoms with Crippen LogP contribution in [0, 0.1) is 5.82 Å².